The molecule has 0 fully saturated rings. The second-order valence-electron chi connectivity index (χ2n) is 3.92. The lowest BCUT2D eigenvalue weighted by Gasteiger charge is -2.06. The minimum Gasteiger partial charge on any atom is -0.478 e. The van der Waals surface area contributed by atoms with Crippen molar-refractivity contribution in [3.05, 3.63) is 48.0 Å². The van der Waals surface area contributed by atoms with Gasteiger partial charge in [0.15, 0.2) is 11.0 Å². The molecule has 0 atom stereocenters. The van der Waals surface area contributed by atoms with Gasteiger partial charge >= 0.3 is 5.97 Å². The molecule has 1 heterocycles. The van der Waals surface area contributed by atoms with Crippen molar-refractivity contribution in [2.24, 2.45) is 0 Å². The number of anilines is 2. The summed E-state index contributed by atoms with van der Waals surface area (Å²) < 4.78 is 4.63. The van der Waals surface area contributed by atoms with Crippen LogP contribution in [0, 0.1) is 0 Å². The lowest BCUT2D eigenvalue weighted by molar-refractivity contribution is 0.0698. The zero-order valence-corrected chi connectivity index (χ0v) is 9.70. The molecule has 0 radical (unpaired) electrons. The van der Waals surface area contributed by atoms with E-state index in [2.05, 4.69) is 20.3 Å². The quantitative estimate of drug-likeness (QED) is 0.748. The molecule has 0 saturated heterocycles. The number of benzene rings is 2. The average molecular weight is 255 g/mol. The number of hydrogen-bond acceptors (Lipinski definition) is 5. The third-order valence-corrected chi connectivity index (χ3v) is 2.70. The van der Waals surface area contributed by atoms with Gasteiger partial charge in [-0.15, -0.1) is 0 Å². The van der Waals surface area contributed by atoms with E-state index in [-0.39, 0.29) is 11.1 Å². The van der Waals surface area contributed by atoms with Crippen LogP contribution in [0.25, 0.3) is 11.0 Å². The molecule has 0 aliphatic heterocycles. The maximum absolute atomic E-state index is 11.1. The first-order valence-corrected chi connectivity index (χ1v) is 5.56. The van der Waals surface area contributed by atoms with Gasteiger partial charge in [-0.05, 0) is 34.6 Å². The van der Waals surface area contributed by atoms with Crippen LogP contribution in [0.5, 0.6) is 0 Å². The van der Waals surface area contributed by atoms with Gasteiger partial charge in [-0.2, -0.15) is 0 Å². The molecule has 3 rings (SSSR count). The summed E-state index contributed by atoms with van der Waals surface area (Å²) in [6.45, 7) is 0. The third kappa shape index (κ3) is 1.99. The number of para-hydroxylation sites is 1. The fourth-order valence-electron chi connectivity index (χ4n) is 1.82. The van der Waals surface area contributed by atoms with Crippen molar-refractivity contribution in [1.82, 2.24) is 10.3 Å². The summed E-state index contributed by atoms with van der Waals surface area (Å²) in [5, 5.41) is 19.6. The molecule has 94 valence electrons. The number of hydrogen-bond donors (Lipinski definition) is 2. The Labute approximate surface area is 107 Å². The van der Waals surface area contributed by atoms with Crippen LogP contribution in [0.2, 0.25) is 0 Å². The summed E-state index contributed by atoms with van der Waals surface area (Å²) in [5.74, 6) is -1.06. The lowest BCUT2D eigenvalue weighted by Crippen LogP contribution is -1.99. The lowest BCUT2D eigenvalue weighted by atomic mass is 10.1. The van der Waals surface area contributed by atoms with Crippen molar-refractivity contribution >= 4 is 28.4 Å². The van der Waals surface area contributed by atoms with Crippen LogP contribution in [0.15, 0.2) is 47.1 Å². The Balaban J connectivity index is 2.08. The molecule has 0 bridgehead atoms. The highest BCUT2D eigenvalue weighted by Gasteiger charge is 2.16. The molecule has 0 spiro atoms. The van der Waals surface area contributed by atoms with Crippen molar-refractivity contribution in [1.29, 1.82) is 0 Å². The number of aromatic carboxylic acids is 1. The van der Waals surface area contributed by atoms with E-state index in [1.54, 1.807) is 6.07 Å². The topological polar surface area (TPSA) is 88.2 Å². The van der Waals surface area contributed by atoms with E-state index in [1.807, 2.05) is 30.3 Å². The van der Waals surface area contributed by atoms with Gasteiger partial charge in [-0.1, -0.05) is 18.2 Å². The summed E-state index contributed by atoms with van der Waals surface area (Å²) >= 11 is 0. The first kappa shape index (κ1) is 11.2. The van der Waals surface area contributed by atoms with Gasteiger partial charge < -0.3 is 10.4 Å². The molecule has 0 unspecified atom stereocenters. The fraction of sp³-hybridized carbons (Fsp3) is 0. The number of aromatic nitrogens is 2. The van der Waals surface area contributed by atoms with Crippen molar-refractivity contribution < 1.29 is 14.5 Å². The van der Waals surface area contributed by atoms with E-state index in [0.717, 1.165) is 5.69 Å². The highest BCUT2D eigenvalue weighted by atomic mass is 16.6. The second kappa shape index (κ2) is 4.41. The van der Waals surface area contributed by atoms with Crippen LogP contribution in [0.4, 0.5) is 11.4 Å². The maximum Gasteiger partial charge on any atom is 0.338 e. The van der Waals surface area contributed by atoms with E-state index in [4.69, 9.17) is 5.11 Å². The molecular formula is C13H9N3O3. The van der Waals surface area contributed by atoms with Crippen molar-refractivity contribution in [3.63, 3.8) is 0 Å². The number of nitrogens with one attached hydrogen (secondary N) is 1. The Morgan fingerprint density at radius 1 is 1.05 bits per heavy atom. The van der Waals surface area contributed by atoms with Crippen LogP contribution in [0.3, 0.4) is 0 Å². The Bertz CT molecular complexity index is 737. The van der Waals surface area contributed by atoms with Gasteiger partial charge in [0.1, 0.15) is 0 Å². The summed E-state index contributed by atoms with van der Waals surface area (Å²) in [6.07, 6.45) is 0. The minimum absolute atomic E-state index is 0.0647. The molecule has 6 nitrogen and oxygen atoms in total. The fourth-order valence-corrected chi connectivity index (χ4v) is 1.82. The van der Waals surface area contributed by atoms with Crippen molar-refractivity contribution in [2.75, 3.05) is 5.32 Å². The van der Waals surface area contributed by atoms with Crippen LogP contribution in [-0.4, -0.2) is 21.4 Å². The molecule has 3 aromatic rings. The number of carboxylic acids is 1. The van der Waals surface area contributed by atoms with E-state index in [0.29, 0.717) is 11.2 Å². The van der Waals surface area contributed by atoms with E-state index >= 15 is 0 Å². The number of nitrogens with zero attached hydrogens (tertiary/aromatic N) is 2. The van der Waals surface area contributed by atoms with Crippen LogP contribution in [-0.2, 0) is 0 Å². The van der Waals surface area contributed by atoms with Gasteiger partial charge in [-0.25, -0.2) is 9.42 Å². The third-order valence-electron chi connectivity index (χ3n) is 2.70. The largest absolute Gasteiger partial charge is 0.478 e. The van der Waals surface area contributed by atoms with E-state index in [1.165, 1.54) is 6.07 Å². The molecule has 0 aliphatic carbocycles. The minimum atomic E-state index is -1.06. The van der Waals surface area contributed by atoms with Crippen LogP contribution in [0.1, 0.15) is 10.4 Å². The van der Waals surface area contributed by atoms with Gasteiger partial charge in [-0.3, -0.25) is 0 Å². The Morgan fingerprint density at radius 3 is 2.53 bits per heavy atom. The van der Waals surface area contributed by atoms with Gasteiger partial charge in [0, 0.05) is 5.69 Å². The zero-order chi connectivity index (χ0) is 13.2. The SMILES string of the molecule is O=C(O)c1ccc(Nc2ccccc2)c2nonc12. The molecule has 0 saturated carbocycles. The summed E-state index contributed by atoms with van der Waals surface area (Å²) in [5.41, 5.74) is 2.20. The molecule has 2 N–H and O–H groups in total. The predicted octanol–water partition coefficient (Wildman–Crippen LogP) is 2.66. The number of rotatable bonds is 3. The van der Waals surface area contributed by atoms with Crippen molar-refractivity contribution in [3.8, 4) is 0 Å². The smallest absolute Gasteiger partial charge is 0.338 e. The average Bonchev–Trinajstić information content (AvgIpc) is 2.89. The standard InChI is InChI=1S/C13H9N3O3/c17-13(18)9-6-7-10(12-11(9)15-19-16-12)14-8-4-2-1-3-5-8/h1-7,14H,(H,17,18). The predicted molar refractivity (Wildman–Crippen MR) is 68.5 cm³/mol. The molecule has 1 aromatic heterocycles. The first-order chi connectivity index (χ1) is 9.25. The number of carbonyl (C=O) groups is 1. The van der Waals surface area contributed by atoms with Crippen molar-refractivity contribution in [2.45, 2.75) is 0 Å². The molecular weight excluding hydrogens is 246 g/mol. The number of fused-ring (bicyclic) bond motifs is 1. The molecule has 0 amide bonds. The van der Waals surface area contributed by atoms with Crippen LogP contribution >= 0.6 is 0 Å². The Hall–Kier alpha value is -2.89. The van der Waals surface area contributed by atoms with E-state index < -0.39 is 5.97 Å². The highest BCUT2D eigenvalue weighted by molar-refractivity contribution is 6.04. The molecule has 2 aromatic carbocycles. The molecule has 19 heavy (non-hydrogen) atoms. The monoisotopic (exact) mass is 255 g/mol. The van der Waals surface area contributed by atoms with Crippen LogP contribution < -0.4 is 5.32 Å². The first-order valence-electron chi connectivity index (χ1n) is 5.56. The molecule has 0 aliphatic rings. The normalized spacial score (nSPS) is 10.5. The Kier molecular flexibility index (Phi) is 2.60. The highest BCUT2D eigenvalue weighted by Crippen LogP contribution is 2.26. The molecule has 6 heteroatoms. The Morgan fingerprint density at radius 2 is 1.79 bits per heavy atom. The summed E-state index contributed by atoms with van der Waals surface area (Å²) in [7, 11) is 0. The van der Waals surface area contributed by atoms with Gasteiger partial charge in [0.2, 0.25) is 0 Å². The zero-order valence-electron chi connectivity index (χ0n) is 9.70. The maximum atomic E-state index is 11.1. The van der Waals surface area contributed by atoms with E-state index in [9.17, 15) is 4.79 Å². The summed E-state index contributed by atoms with van der Waals surface area (Å²) in [4.78, 5) is 11.1. The second-order valence-corrected chi connectivity index (χ2v) is 3.92. The number of carboxylic acid groups (broad SMARTS) is 1. The summed E-state index contributed by atoms with van der Waals surface area (Å²) in [6, 6.07) is 12.6. The van der Waals surface area contributed by atoms with Gasteiger partial charge in [0.25, 0.3) is 0 Å². The van der Waals surface area contributed by atoms with Gasteiger partial charge in [0.05, 0.1) is 11.3 Å².